The van der Waals surface area contributed by atoms with E-state index in [9.17, 15) is 9.59 Å². The van der Waals surface area contributed by atoms with E-state index in [1.807, 2.05) is 81.4 Å². The predicted molar refractivity (Wildman–Crippen MR) is 144 cm³/mol. The van der Waals surface area contributed by atoms with Gasteiger partial charge in [-0.2, -0.15) is 0 Å². The van der Waals surface area contributed by atoms with Gasteiger partial charge in [0.25, 0.3) is 0 Å². The Kier molecular flexibility index (Phi) is 9.76. The van der Waals surface area contributed by atoms with Gasteiger partial charge in [-0.05, 0) is 47.2 Å². The lowest BCUT2D eigenvalue weighted by Gasteiger charge is -2.32. The molecule has 0 aliphatic heterocycles. The Hall–Kier alpha value is -2.82. The lowest BCUT2D eigenvalue weighted by molar-refractivity contribution is -0.140. The van der Waals surface area contributed by atoms with Crippen molar-refractivity contribution in [2.45, 2.75) is 46.2 Å². The van der Waals surface area contributed by atoms with Crippen molar-refractivity contribution in [2.75, 3.05) is 6.54 Å². The number of carbonyl (C=O) groups excluding carboxylic acids is 2. The zero-order valence-electron chi connectivity index (χ0n) is 20.4. The number of nitrogens with zero attached hydrogens (tertiary/aromatic N) is 1. The summed E-state index contributed by atoms with van der Waals surface area (Å²) in [6, 6.07) is 22.1. The maximum Gasteiger partial charge on any atom is 0.243 e. The third-order valence-corrected chi connectivity index (χ3v) is 6.50. The molecule has 0 unspecified atom stereocenters. The second-order valence-electron chi connectivity index (χ2n) is 9.21. The van der Waals surface area contributed by atoms with Crippen molar-refractivity contribution in [3.63, 3.8) is 0 Å². The summed E-state index contributed by atoms with van der Waals surface area (Å²) in [5.74, 6) is -0.0186. The minimum atomic E-state index is -0.695. The highest BCUT2D eigenvalue weighted by molar-refractivity contribution is 6.35. The summed E-state index contributed by atoms with van der Waals surface area (Å²) in [6.45, 7) is 6.81. The van der Waals surface area contributed by atoms with Gasteiger partial charge in [-0.3, -0.25) is 9.59 Å². The highest BCUT2D eigenvalue weighted by Crippen LogP contribution is 2.25. The summed E-state index contributed by atoms with van der Waals surface area (Å²) < 4.78 is 0. The number of hydrogen-bond donors (Lipinski definition) is 1. The molecule has 1 N–H and O–H groups in total. The summed E-state index contributed by atoms with van der Waals surface area (Å²) >= 11 is 12.6. The van der Waals surface area contributed by atoms with E-state index in [4.69, 9.17) is 23.2 Å². The molecular formula is C29H32Cl2N2O2. The Morgan fingerprint density at radius 3 is 2.26 bits per heavy atom. The summed E-state index contributed by atoms with van der Waals surface area (Å²) in [7, 11) is 0. The molecule has 1 atom stereocenters. The molecule has 0 heterocycles. The van der Waals surface area contributed by atoms with Gasteiger partial charge in [0.1, 0.15) is 6.04 Å². The van der Waals surface area contributed by atoms with Crippen LogP contribution in [0.4, 0.5) is 0 Å². The molecule has 35 heavy (non-hydrogen) atoms. The van der Waals surface area contributed by atoms with Crippen molar-refractivity contribution in [1.29, 1.82) is 0 Å². The normalized spacial score (nSPS) is 11.8. The SMILES string of the molecule is Cc1ccccc1CC(=O)N(Cc1ccc(Cl)cc1Cl)[C@H](Cc1ccccc1)C(=O)NCC(C)C. The smallest absolute Gasteiger partial charge is 0.243 e. The average molecular weight is 511 g/mol. The van der Waals surface area contributed by atoms with E-state index in [1.54, 1.807) is 17.0 Å². The number of nitrogens with one attached hydrogen (secondary N) is 1. The van der Waals surface area contributed by atoms with Crippen LogP contribution in [-0.2, 0) is 29.0 Å². The van der Waals surface area contributed by atoms with E-state index in [0.717, 1.165) is 22.3 Å². The van der Waals surface area contributed by atoms with Gasteiger partial charge in [0.05, 0.1) is 6.42 Å². The molecule has 0 spiro atoms. The topological polar surface area (TPSA) is 49.4 Å². The molecule has 0 saturated heterocycles. The van der Waals surface area contributed by atoms with Crippen molar-refractivity contribution < 1.29 is 9.59 Å². The second-order valence-corrected chi connectivity index (χ2v) is 10.0. The molecule has 3 aromatic carbocycles. The second kappa shape index (κ2) is 12.8. The first-order valence-corrected chi connectivity index (χ1v) is 12.6. The minimum Gasteiger partial charge on any atom is -0.354 e. The van der Waals surface area contributed by atoms with Crippen molar-refractivity contribution in [1.82, 2.24) is 10.2 Å². The quantitative estimate of drug-likeness (QED) is 0.350. The van der Waals surface area contributed by atoms with Crippen LogP contribution in [0.3, 0.4) is 0 Å². The maximum absolute atomic E-state index is 13.8. The minimum absolute atomic E-state index is 0.133. The van der Waals surface area contributed by atoms with Crippen molar-refractivity contribution in [3.8, 4) is 0 Å². The van der Waals surface area contributed by atoms with Crippen molar-refractivity contribution >= 4 is 35.0 Å². The van der Waals surface area contributed by atoms with Gasteiger partial charge < -0.3 is 10.2 Å². The predicted octanol–water partition coefficient (Wildman–Crippen LogP) is 6.26. The number of hydrogen-bond acceptors (Lipinski definition) is 2. The van der Waals surface area contributed by atoms with Gasteiger partial charge in [0.2, 0.25) is 11.8 Å². The highest BCUT2D eigenvalue weighted by atomic mass is 35.5. The van der Waals surface area contributed by atoms with Gasteiger partial charge in [-0.25, -0.2) is 0 Å². The molecule has 6 heteroatoms. The fourth-order valence-corrected chi connectivity index (χ4v) is 4.35. The molecule has 0 aliphatic rings. The molecule has 3 aromatic rings. The van der Waals surface area contributed by atoms with Crippen LogP contribution in [0.1, 0.15) is 36.1 Å². The molecule has 0 radical (unpaired) electrons. The van der Waals surface area contributed by atoms with Crippen molar-refractivity contribution in [3.05, 3.63) is 105 Å². The summed E-state index contributed by atoms with van der Waals surface area (Å²) in [5.41, 5.74) is 3.69. The van der Waals surface area contributed by atoms with Crippen molar-refractivity contribution in [2.24, 2.45) is 5.92 Å². The van der Waals surface area contributed by atoms with Crippen LogP contribution < -0.4 is 5.32 Å². The van der Waals surface area contributed by atoms with E-state index in [2.05, 4.69) is 5.32 Å². The Morgan fingerprint density at radius 2 is 1.60 bits per heavy atom. The first-order valence-electron chi connectivity index (χ1n) is 11.8. The fraction of sp³-hybridized carbons (Fsp3) is 0.310. The molecule has 0 aliphatic carbocycles. The van der Waals surface area contributed by atoms with Crippen LogP contribution in [0.2, 0.25) is 10.0 Å². The van der Waals surface area contributed by atoms with E-state index in [1.165, 1.54) is 0 Å². The third-order valence-electron chi connectivity index (χ3n) is 5.91. The summed E-state index contributed by atoms with van der Waals surface area (Å²) in [5, 5.41) is 4.02. The standard InChI is InChI=1S/C29H32Cl2N2O2/c1-20(2)18-32-29(35)27(15-22-10-5-4-6-11-22)33(19-24-13-14-25(30)17-26(24)31)28(34)16-23-12-8-7-9-21(23)3/h4-14,17,20,27H,15-16,18-19H2,1-3H3,(H,32,35)/t27-/m1/s1. The summed E-state index contributed by atoms with van der Waals surface area (Å²) in [4.78, 5) is 28.9. The number of carbonyl (C=O) groups is 2. The van der Waals surface area contributed by atoms with Gasteiger partial charge >= 0.3 is 0 Å². The molecular weight excluding hydrogens is 479 g/mol. The molecule has 3 rings (SSSR count). The van der Waals surface area contributed by atoms with Gasteiger partial charge in [-0.1, -0.05) is 97.7 Å². The first kappa shape index (κ1) is 26.8. The number of rotatable bonds is 10. The van der Waals surface area contributed by atoms with E-state index in [-0.39, 0.29) is 30.7 Å². The lowest BCUT2D eigenvalue weighted by atomic mass is 10.00. The number of benzene rings is 3. The van der Waals surface area contributed by atoms with E-state index >= 15 is 0 Å². The molecule has 0 aromatic heterocycles. The largest absolute Gasteiger partial charge is 0.354 e. The maximum atomic E-state index is 13.8. The lowest BCUT2D eigenvalue weighted by Crippen LogP contribution is -2.51. The van der Waals surface area contributed by atoms with Crippen LogP contribution in [0.25, 0.3) is 0 Å². The van der Waals surface area contributed by atoms with Crippen LogP contribution in [0.15, 0.2) is 72.8 Å². The van der Waals surface area contributed by atoms with Gasteiger partial charge in [0.15, 0.2) is 0 Å². The van der Waals surface area contributed by atoms with Crippen LogP contribution in [-0.4, -0.2) is 29.3 Å². The molecule has 2 amide bonds. The van der Waals surface area contributed by atoms with E-state index in [0.29, 0.717) is 23.0 Å². The number of amides is 2. The molecule has 0 bridgehead atoms. The Morgan fingerprint density at radius 1 is 0.914 bits per heavy atom. The zero-order valence-corrected chi connectivity index (χ0v) is 21.9. The number of aryl methyl sites for hydroxylation is 1. The molecule has 184 valence electrons. The Bertz CT molecular complexity index is 1150. The van der Waals surface area contributed by atoms with Crippen LogP contribution >= 0.6 is 23.2 Å². The van der Waals surface area contributed by atoms with Crippen LogP contribution in [0.5, 0.6) is 0 Å². The molecule has 4 nitrogen and oxygen atoms in total. The van der Waals surface area contributed by atoms with Gasteiger partial charge in [0, 0.05) is 29.6 Å². The Balaban J connectivity index is 2.00. The van der Waals surface area contributed by atoms with E-state index < -0.39 is 6.04 Å². The van der Waals surface area contributed by atoms with Crippen LogP contribution in [0, 0.1) is 12.8 Å². The average Bonchev–Trinajstić information content (AvgIpc) is 2.83. The molecule has 0 saturated carbocycles. The highest BCUT2D eigenvalue weighted by Gasteiger charge is 2.31. The number of halogens is 2. The third kappa shape index (κ3) is 7.84. The first-order chi connectivity index (χ1) is 16.7. The monoisotopic (exact) mass is 510 g/mol. The fourth-order valence-electron chi connectivity index (χ4n) is 3.88. The molecule has 0 fully saturated rings. The summed E-state index contributed by atoms with van der Waals surface area (Å²) in [6.07, 6.45) is 0.593. The zero-order chi connectivity index (χ0) is 25.4. The Labute approximate surface area is 218 Å². The van der Waals surface area contributed by atoms with Gasteiger partial charge in [-0.15, -0.1) is 0 Å².